The third-order valence-corrected chi connectivity index (χ3v) is 4.14. The van der Waals surface area contributed by atoms with Crippen molar-refractivity contribution in [3.63, 3.8) is 0 Å². The Hall–Kier alpha value is -1.65. The van der Waals surface area contributed by atoms with Gasteiger partial charge < -0.3 is 4.90 Å². The first-order valence-electron chi connectivity index (χ1n) is 7.05. The summed E-state index contributed by atoms with van der Waals surface area (Å²) in [4.78, 5) is 8.51. The van der Waals surface area contributed by atoms with Gasteiger partial charge in [0, 0.05) is 44.5 Å². The molecule has 1 aliphatic heterocycles. The van der Waals surface area contributed by atoms with Crippen LogP contribution in [0.15, 0.2) is 42.6 Å². The van der Waals surface area contributed by atoms with Crippen molar-refractivity contribution in [1.82, 2.24) is 9.88 Å². The van der Waals surface area contributed by atoms with Crippen LogP contribution in [-0.4, -0.2) is 36.1 Å². The third kappa shape index (κ3) is 3.34. The van der Waals surface area contributed by atoms with E-state index in [4.69, 9.17) is 11.6 Å². The van der Waals surface area contributed by atoms with Crippen LogP contribution in [0.2, 0.25) is 5.15 Å². The molecule has 0 spiro atoms. The molecule has 2 aromatic rings. The minimum atomic E-state index is -0.152. The molecule has 3 nitrogen and oxygen atoms in total. The van der Waals surface area contributed by atoms with E-state index < -0.39 is 0 Å². The summed E-state index contributed by atoms with van der Waals surface area (Å²) in [7, 11) is 0. The molecule has 0 bridgehead atoms. The first-order chi connectivity index (χ1) is 10.2. The maximum Gasteiger partial charge on any atom is 0.146 e. The Morgan fingerprint density at radius 1 is 1.05 bits per heavy atom. The van der Waals surface area contributed by atoms with Gasteiger partial charge in [-0.1, -0.05) is 29.8 Å². The number of rotatable bonds is 3. The summed E-state index contributed by atoms with van der Waals surface area (Å²) in [5.41, 5.74) is 1.73. The summed E-state index contributed by atoms with van der Waals surface area (Å²) in [6, 6.07) is 10.8. The van der Waals surface area contributed by atoms with Gasteiger partial charge in [-0.05, 0) is 18.2 Å². The first kappa shape index (κ1) is 14.3. The average molecular weight is 306 g/mol. The standard InChI is InChI=1S/C16H17ClFN3/c17-16-13(4-3-7-19-16)12-20-8-10-21(11-9-20)15-6-2-1-5-14(15)18/h1-7H,8-12H2. The molecule has 0 aliphatic carbocycles. The number of halogens is 2. The van der Waals surface area contributed by atoms with Crippen LogP contribution in [0.4, 0.5) is 10.1 Å². The van der Waals surface area contributed by atoms with Gasteiger partial charge in [0.25, 0.3) is 0 Å². The van der Waals surface area contributed by atoms with Crippen molar-refractivity contribution in [2.45, 2.75) is 6.54 Å². The van der Waals surface area contributed by atoms with Crippen molar-refractivity contribution in [1.29, 1.82) is 0 Å². The van der Waals surface area contributed by atoms with E-state index in [2.05, 4.69) is 14.8 Å². The minimum absolute atomic E-state index is 0.152. The predicted molar refractivity (Wildman–Crippen MR) is 83.1 cm³/mol. The molecule has 0 radical (unpaired) electrons. The lowest BCUT2D eigenvalue weighted by atomic mass is 10.2. The molecule has 2 heterocycles. The van der Waals surface area contributed by atoms with E-state index in [-0.39, 0.29) is 5.82 Å². The second kappa shape index (κ2) is 6.41. The van der Waals surface area contributed by atoms with Crippen molar-refractivity contribution in [3.05, 3.63) is 59.1 Å². The van der Waals surface area contributed by atoms with Gasteiger partial charge in [0.15, 0.2) is 0 Å². The molecule has 3 rings (SSSR count). The molecular weight excluding hydrogens is 289 g/mol. The monoisotopic (exact) mass is 305 g/mol. The summed E-state index contributed by atoms with van der Waals surface area (Å²) in [6.45, 7) is 4.20. The number of hydrogen-bond acceptors (Lipinski definition) is 3. The van der Waals surface area contributed by atoms with Gasteiger partial charge in [-0.25, -0.2) is 9.37 Å². The van der Waals surface area contributed by atoms with Crippen LogP contribution in [0.5, 0.6) is 0 Å². The van der Waals surface area contributed by atoms with Crippen LogP contribution < -0.4 is 4.90 Å². The normalized spacial score (nSPS) is 16.2. The molecule has 1 aromatic heterocycles. The Balaban J connectivity index is 1.61. The highest BCUT2D eigenvalue weighted by molar-refractivity contribution is 6.30. The molecule has 0 N–H and O–H groups in total. The molecule has 1 saturated heterocycles. The van der Waals surface area contributed by atoms with E-state index in [1.807, 2.05) is 24.3 Å². The zero-order chi connectivity index (χ0) is 14.7. The average Bonchev–Trinajstić information content (AvgIpc) is 2.51. The van der Waals surface area contributed by atoms with Crippen LogP contribution in [-0.2, 0) is 6.54 Å². The molecule has 0 saturated carbocycles. The van der Waals surface area contributed by atoms with E-state index in [0.29, 0.717) is 10.8 Å². The number of aromatic nitrogens is 1. The van der Waals surface area contributed by atoms with Gasteiger partial charge in [-0.2, -0.15) is 0 Å². The van der Waals surface area contributed by atoms with Crippen molar-refractivity contribution in [3.8, 4) is 0 Å². The second-order valence-electron chi connectivity index (χ2n) is 5.17. The Morgan fingerprint density at radius 2 is 1.81 bits per heavy atom. The van der Waals surface area contributed by atoms with Gasteiger partial charge in [0.2, 0.25) is 0 Å². The lowest BCUT2D eigenvalue weighted by Crippen LogP contribution is -2.46. The Bertz CT molecular complexity index is 612. The Kier molecular flexibility index (Phi) is 4.36. The van der Waals surface area contributed by atoms with Crippen molar-refractivity contribution in [2.24, 2.45) is 0 Å². The molecule has 0 unspecified atom stereocenters. The molecule has 1 fully saturated rings. The van der Waals surface area contributed by atoms with Crippen molar-refractivity contribution in [2.75, 3.05) is 31.1 Å². The van der Waals surface area contributed by atoms with Gasteiger partial charge in [0.1, 0.15) is 11.0 Å². The molecule has 1 aliphatic rings. The van der Waals surface area contributed by atoms with Crippen LogP contribution >= 0.6 is 11.6 Å². The summed E-state index contributed by atoms with van der Waals surface area (Å²) >= 11 is 6.09. The zero-order valence-corrected chi connectivity index (χ0v) is 12.4. The molecule has 0 amide bonds. The Labute approximate surface area is 129 Å². The van der Waals surface area contributed by atoms with E-state index in [9.17, 15) is 4.39 Å². The van der Waals surface area contributed by atoms with E-state index in [1.54, 1.807) is 12.3 Å². The summed E-state index contributed by atoms with van der Waals surface area (Å²) in [5, 5.41) is 0.564. The lowest BCUT2D eigenvalue weighted by Gasteiger charge is -2.36. The molecule has 21 heavy (non-hydrogen) atoms. The molecule has 110 valence electrons. The minimum Gasteiger partial charge on any atom is -0.367 e. The van der Waals surface area contributed by atoms with E-state index in [0.717, 1.165) is 38.3 Å². The fraction of sp³-hybridized carbons (Fsp3) is 0.312. The molecular formula is C16H17ClFN3. The van der Waals surface area contributed by atoms with Crippen LogP contribution in [0, 0.1) is 5.82 Å². The van der Waals surface area contributed by atoms with Gasteiger partial charge in [0.05, 0.1) is 5.69 Å². The highest BCUT2D eigenvalue weighted by Gasteiger charge is 2.19. The number of nitrogens with zero attached hydrogens (tertiary/aromatic N) is 3. The van der Waals surface area contributed by atoms with E-state index >= 15 is 0 Å². The molecule has 0 atom stereocenters. The van der Waals surface area contributed by atoms with Crippen LogP contribution in [0.1, 0.15) is 5.56 Å². The van der Waals surface area contributed by atoms with Gasteiger partial charge in [-0.15, -0.1) is 0 Å². The maximum atomic E-state index is 13.8. The SMILES string of the molecule is Fc1ccccc1N1CCN(Cc2cccnc2Cl)CC1. The van der Waals surface area contributed by atoms with Crippen LogP contribution in [0.25, 0.3) is 0 Å². The number of para-hydroxylation sites is 1. The highest BCUT2D eigenvalue weighted by Crippen LogP contribution is 2.21. The van der Waals surface area contributed by atoms with Crippen molar-refractivity contribution >= 4 is 17.3 Å². The number of anilines is 1. The summed E-state index contributed by atoms with van der Waals surface area (Å²) in [5.74, 6) is -0.152. The largest absolute Gasteiger partial charge is 0.367 e. The second-order valence-corrected chi connectivity index (χ2v) is 5.53. The highest BCUT2D eigenvalue weighted by atomic mass is 35.5. The van der Waals surface area contributed by atoms with Crippen LogP contribution in [0.3, 0.4) is 0 Å². The van der Waals surface area contributed by atoms with Gasteiger partial charge in [-0.3, -0.25) is 4.90 Å². The lowest BCUT2D eigenvalue weighted by molar-refractivity contribution is 0.249. The number of hydrogen-bond donors (Lipinski definition) is 0. The fourth-order valence-electron chi connectivity index (χ4n) is 2.63. The zero-order valence-electron chi connectivity index (χ0n) is 11.7. The number of piperazine rings is 1. The quantitative estimate of drug-likeness (QED) is 0.812. The first-order valence-corrected chi connectivity index (χ1v) is 7.43. The van der Waals surface area contributed by atoms with Crippen molar-refractivity contribution < 1.29 is 4.39 Å². The Morgan fingerprint density at radius 3 is 2.52 bits per heavy atom. The third-order valence-electron chi connectivity index (χ3n) is 3.80. The summed E-state index contributed by atoms with van der Waals surface area (Å²) < 4.78 is 13.8. The molecule has 5 heteroatoms. The molecule has 1 aromatic carbocycles. The summed E-state index contributed by atoms with van der Waals surface area (Å²) in [6.07, 6.45) is 1.70. The maximum absolute atomic E-state index is 13.8. The fourth-order valence-corrected chi connectivity index (χ4v) is 2.81. The van der Waals surface area contributed by atoms with E-state index in [1.165, 1.54) is 6.07 Å². The smallest absolute Gasteiger partial charge is 0.146 e. The topological polar surface area (TPSA) is 19.4 Å². The predicted octanol–water partition coefficient (Wildman–Crippen LogP) is 3.20. The number of pyridine rings is 1. The van der Waals surface area contributed by atoms with Gasteiger partial charge >= 0.3 is 0 Å². The number of benzene rings is 1.